The van der Waals surface area contributed by atoms with Crippen molar-refractivity contribution in [2.45, 2.75) is 31.1 Å². The van der Waals surface area contributed by atoms with E-state index in [1.54, 1.807) is 6.92 Å². The van der Waals surface area contributed by atoms with E-state index in [4.69, 9.17) is 4.74 Å². The van der Waals surface area contributed by atoms with Crippen molar-refractivity contribution in [2.75, 3.05) is 12.5 Å². The zero-order chi connectivity index (χ0) is 16.4. The first-order valence-electron chi connectivity index (χ1n) is 7.78. The Bertz CT molecular complexity index is 645. The summed E-state index contributed by atoms with van der Waals surface area (Å²) in [5.74, 6) is -0.165. The number of hydrogen-bond donors (Lipinski definition) is 1. The summed E-state index contributed by atoms with van der Waals surface area (Å²) < 4.78 is 5.01. The maximum atomic E-state index is 12.6. The molecule has 1 heterocycles. The van der Waals surface area contributed by atoms with Gasteiger partial charge in [0.15, 0.2) is 5.78 Å². The topological polar surface area (TPSA) is 72.5 Å². The molecule has 1 saturated heterocycles. The van der Waals surface area contributed by atoms with Crippen molar-refractivity contribution >= 4 is 29.3 Å². The minimum atomic E-state index is -0.605. The summed E-state index contributed by atoms with van der Waals surface area (Å²) in [6, 6.07) is 6.89. The number of esters is 1. The number of thioether (sulfide) groups is 1. The third-order valence-electron chi connectivity index (χ3n) is 4.29. The summed E-state index contributed by atoms with van der Waals surface area (Å²) in [4.78, 5) is 36.9. The molecule has 2 unspecified atom stereocenters. The molecule has 6 heteroatoms. The van der Waals surface area contributed by atoms with E-state index in [1.165, 1.54) is 11.8 Å². The highest BCUT2D eigenvalue weighted by Gasteiger charge is 2.41. The van der Waals surface area contributed by atoms with Gasteiger partial charge >= 0.3 is 5.97 Å². The van der Waals surface area contributed by atoms with Gasteiger partial charge in [-0.2, -0.15) is 0 Å². The van der Waals surface area contributed by atoms with Crippen LogP contribution in [0.5, 0.6) is 0 Å². The molecule has 3 rings (SSSR count). The zero-order valence-electron chi connectivity index (χ0n) is 12.9. The second-order valence-electron chi connectivity index (χ2n) is 5.76. The summed E-state index contributed by atoms with van der Waals surface area (Å²) in [6.07, 6.45) is 0.790. The highest BCUT2D eigenvalue weighted by atomic mass is 32.2. The van der Waals surface area contributed by atoms with Gasteiger partial charge in [-0.1, -0.05) is 24.3 Å². The fraction of sp³-hybridized carbons (Fsp3) is 0.471. The third-order valence-corrected chi connectivity index (χ3v) is 5.52. The van der Waals surface area contributed by atoms with Crippen molar-refractivity contribution in [3.63, 3.8) is 0 Å². The van der Waals surface area contributed by atoms with Crippen molar-refractivity contribution in [1.82, 2.24) is 5.32 Å². The molecule has 0 bridgehead atoms. The molecule has 0 radical (unpaired) electrons. The Labute approximate surface area is 139 Å². The molecule has 0 saturated carbocycles. The summed E-state index contributed by atoms with van der Waals surface area (Å²) in [5.41, 5.74) is 1.74. The number of carbonyl (C=O) groups is 3. The SMILES string of the molecule is CCOC(=O)[C@H]1NCSC1C(=O)CC1Cc2ccccc2C1=O. The van der Waals surface area contributed by atoms with Crippen LogP contribution in [-0.2, 0) is 20.7 Å². The molecule has 0 aromatic heterocycles. The lowest BCUT2D eigenvalue weighted by Crippen LogP contribution is -2.43. The Hall–Kier alpha value is -1.66. The summed E-state index contributed by atoms with van der Waals surface area (Å²) >= 11 is 1.41. The first-order chi connectivity index (χ1) is 11.1. The van der Waals surface area contributed by atoms with Gasteiger partial charge in [0.1, 0.15) is 11.8 Å². The lowest BCUT2D eigenvalue weighted by Gasteiger charge is -2.17. The molecule has 1 aliphatic heterocycles. The van der Waals surface area contributed by atoms with E-state index in [0.717, 1.165) is 11.1 Å². The lowest BCUT2D eigenvalue weighted by molar-refractivity contribution is -0.146. The highest BCUT2D eigenvalue weighted by molar-refractivity contribution is 8.00. The maximum Gasteiger partial charge on any atom is 0.324 e. The van der Waals surface area contributed by atoms with Crippen LogP contribution in [0.2, 0.25) is 0 Å². The van der Waals surface area contributed by atoms with Gasteiger partial charge < -0.3 is 4.74 Å². The standard InChI is InChI=1S/C17H19NO4S/c1-2-22-17(21)14-16(23-9-18-14)13(19)8-11-7-10-5-3-4-6-12(10)15(11)20/h3-6,11,14,16,18H,2,7-9H2,1H3/t11?,14-,16?/m0/s1. The number of hydrogen-bond acceptors (Lipinski definition) is 6. The molecule has 1 aromatic carbocycles. The second-order valence-corrected chi connectivity index (χ2v) is 6.89. The first kappa shape index (κ1) is 16.2. The highest BCUT2D eigenvalue weighted by Crippen LogP contribution is 2.32. The number of Topliss-reactive ketones (excluding diaryl/α,β-unsaturated/α-hetero) is 2. The van der Waals surface area contributed by atoms with E-state index in [-0.39, 0.29) is 23.9 Å². The normalized spacial score (nSPS) is 26.1. The number of rotatable bonds is 5. The van der Waals surface area contributed by atoms with Crippen LogP contribution in [0.25, 0.3) is 0 Å². The molecule has 23 heavy (non-hydrogen) atoms. The Morgan fingerprint density at radius 1 is 1.35 bits per heavy atom. The number of nitrogens with one attached hydrogen (secondary N) is 1. The van der Waals surface area contributed by atoms with Crippen LogP contribution in [-0.4, -0.2) is 41.3 Å². The number of fused-ring (bicyclic) bond motifs is 1. The minimum absolute atomic E-state index is 0.0394. The molecule has 5 nitrogen and oxygen atoms in total. The number of ether oxygens (including phenoxy) is 1. The van der Waals surface area contributed by atoms with Crippen LogP contribution >= 0.6 is 11.8 Å². The summed E-state index contributed by atoms with van der Waals surface area (Å²) in [5, 5.41) is 2.54. The Morgan fingerprint density at radius 3 is 2.87 bits per heavy atom. The number of benzene rings is 1. The quantitative estimate of drug-likeness (QED) is 0.825. The Balaban J connectivity index is 1.66. The molecule has 0 spiro atoms. The largest absolute Gasteiger partial charge is 0.465 e. The minimum Gasteiger partial charge on any atom is -0.465 e. The van der Waals surface area contributed by atoms with Crippen molar-refractivity contribution in [3.8, 4) is 0 Å². The molecule has 2 aliphatic rings. The summed E-state index contributed by atoms with van der Waals surface area (Å²) in [7, 11) is 0. The molecule has 0 amide bonds. The molecule has 1 fully saturated rings. The maximum absolute atomic E-state index is 12.6. The van der Waals surface area contributed by atoms with Gasteiger partial charge in [0.05, 0.1) is 11.9 Å². The van der Waals surface area contributed by atoms with Gasteiger partial charge in [-0.15, -0.1) is 11.8 Å². The average Bonchev–Trinajstić information content (AvgIpc) is 3.14. The molecule has 1 aliphatic carbocycles. The van der Waals surface area contributed by atoms with Gasteiger partial charge in [0, 0.05) is 23.8 Å². The van der Waals surface area contributed by atoms with Crippen LogP contribution in [0.15, 0.2) is 24.3 Å². The second kappa shape index (κ2) is 6.84. The van der Waals surface area contributed by atoms with Gasteiger partial charge in [-0.25, -0.2) is 0 Å². The summed E-state index contributed by atoms with van der Waals surface area (Å²) in [6.45, 7) is 2.03. The van der Waals surface area contributed by atoms with Gasteiger partial charge in [0.25, 0.3) is 0 Å². The Kier molecular flexibility index (Phi) is 4.82. The van der Waals surface area contributed by atoms with Gasteiger partial charge in [-0.05, 0) is 18.9 Å². The van der Waals surface area contributed by atoms with Crippen LogP contribution in [0.1, 0.15) is 29.3 Å². The van der Waals surface area contributed by atoms with Crippen molar-refractivity contribution in [2.24, 2.45) is 5.92 Å². The van der Waals surface area contributed by atoms with Crippen molar-refractivity contribution in [3.05, 3.63) is 35.4 Å². The van der Waals surface area contributed by atoms with Crippen LogP contribution in [0.3, 0.4) is 0 Å². The fourth-order valence-electron chi connectivity index (χ4n) is 3.19. The third kappa shape index (κ3) is 3.19. The van der Waals surface area contributed by atoms with Crippen LogP contribution < -0.4 is 5.32 Å². The average molecular weight is 333 g/mol. The van der Waals surface area contributed by atoms with Gasteiger partial charge in [0.2, 0.25) is 0 Å². The van der Waals surface area contributed by atoms with E-state index in [2.05, 4.69) is 5.32 Å². The predicted octanol–water partition coefficient (Wildman–Crippen LogP) is 1.59. The van der Waals surface area contributed by atoms with E-state index in [9.17, 15) is 14.4 Å². The fourth-order valence-corrected chi connectivity index (χ4v) is 4.33. The molecule has 1 aromatic rings. The van der Waals surface area contributed by atoms with Crippen LogP contribution in [0, 0.1) is 5.92 Å². The van der Waals surface area contributed by atoms with E-state index in [1.807, 2.05) is 24.3 Å². The van der Waals surface area contributed by atoms with Crippen LogP contribution in [0.4, 0.5) is 0 Å². The lowest BCUT2D eigenvalue weighted by atomic mass is 9.95. The van der Waals surface area contributed by atoms with E-state index < -0.39 is 17.3 Å². The van der Waals surface area contributed by atoms with E-state index >= 15 is 0 Å². The van der Waals surface area contributed by atoms with Gasteiger partial charge in [-0.3, -0.25) is 19.7 Å². The molecular formula is C17H19NO4S. The molecule has 122 valence electrons. The molecule has 1 N–H and O–H groups in total. The van der Waals surface area contributed by atoms with Crippen molar-refractivity contribution < 1.29 is 19.1 Å². The first-order valence-corrected chi connectivity index (χ1v) is 8.83. The molecular weight excluding hydrogens is 314 g/mol. The number of carbonyl (C=O) groups excluding carboxylic acids is 3. The monoisotopic (exact) mass is 333 g/mol. The smallest absolute Gasteiger partial charge is 0.324 e. The zero-order valence-corrected chi connectivity index (χ0v) is 13.7. The Morgan fingerprint density at radius 2 is 2.13 bits per heavy atom. The number of ketones is 2. The van der Waals surface area contributed by atoms with Crippen molar-refractivity contribution in [1.29, 1.82) is 0 Å². The van der Waals surface area contributed by atoms with E-state index in [0.29, 0.717) is 18.9 Å². The predicted molar refractivity (Wildman–Crippen MR) is 87.4 cm³/mol. The molecule has 3 atom stereocenters.